The molecule has 82 valence electrons. The molecule has 0 aliphatic heterocycles. The molecule has 4 heteroatoms. The van der Waals surface area contributed by atoms with Gasteiger partial charge in [-0.2, -0.15) is 0 Å². The van der Waals surface area contributed by atoms with Gasteiger partial charge in [0.15, 0.2) is 5.78 Å². The maximum atomic E-state index is 11.7. The molecule has 0 bridgehead atoms. The van der Waals surface area contributed by atoms with Crippen molar-refractivity contribution in [2.24, 2.45) is 0 Å². The van der Waals surface area contributed by atoms with E-state index in [2.05, 4.69) is 5.32 Å². The maximum absolute atomic E-state index is 11.7. The normalized spacial score (nSPS) is 12.2. The van der Waals surface area contributed by atoms with Crippen molar-refractivity contribution in [3.8, 4) is 0 Å². The van der Waals surface area contributed by atoms with E-state index in [-0.39, 0.29) is 11.7 Å². The zero-order valence-corrected chi connectivity index (χ0v) is 9.98. The highest BCUT2D eigenvalue weighted by Crippen LogP contribution is 2.17. The highest BCUT2D eigenvalue weighted by atomic mass is 32.1. The van der Waals surface area contributed by atoms with E-state index < -0.39 is 6.04 Å². The first-order valence-electron chi connectivity index (χ1n) is 4.94. The van der Waals surface area contributed by atoms with Crippen molar-refractivity contribution in [1.29, 1.82) is 0 Å². The second-order valence-corrected chi connectivity index (χ2v) is 4.35. The third kappa shape index (κ3) is 2.89. The van der Waals surface area contributed by atoms with Gasteiger partial charge in [-0.1, -0.05) is 6.92 Å². The lowest BCUT2D eigenvalue weighted by molar-refractivity contribution is -0.118. The van der Waals surface area contributed by atoms with Crippen LogP contribution < -0.4 is 5.32 Å². The Morgan fingerprint density at radius 2 is 2.20 bits per heavy atom. The number of thiophene rings is 1. The molecule has 1 N–H and O–H groups in total. The first-order valence-corrected chi connectivity index (χ1v) is 5.82. The largest absolute Gasteiger partial charge is 0.342 e. The molecule has 0 fully saturated rings. The highest BCUT2D eigenvalue weighted by molar-refractivity contribution is 7.12. The molecule has 1 rings (SSSR count). The molecule has 15 heavy (non-hydrogen) atoms. The van der Waals surface area contributed by atoms with Crippen LogP contribution in [0.1, 0.15) is 36.0 Å². The summed E-state index contributed by atoms with van der Waals surface area (Å²) >= 11 is 1.41. The summed E-state index contributed by atoms with van der Waals surface area (Å²) in [4.78, 5) is 23.5. The van der Waals surface area contributed by atoms with Crippen molar-refractivity contribution in [2.75, 3.05) is 0 Å². The van der Waals surface area contributed by atoms with E-state index >= 15 is 0 Å². The van der Waals surface area contributed by atoms with Gasteiger partial charge in [0.2, 0.25) is 0 Å². The van der Waals surface area contributed by atoms with Crippen LogP contribution in [0.2, 0.25) is 0 Å². The average molecular weight is 225 g/mol. The summed E-state index contributed by atoms with van der Waals surface area (Å²) in [6.45, 7) is 5.17. The fraction of sp³-hybridized carbons (Fsp3) is 0.455. The second-order valence-electron chi connectivity index (χ2n) is 3.43. The number of carbonyl (C=O) groups is 2. The van der Waals surface area contributed by atoms with Crippen LogP contribution in [0, 0.1) is 0 Å². The summed E-state index contributed by atoms with van der Waals surface area (Å²) in [5.74, 6) is -0.178. The first kappa shape index (κ1) is 11.9. The van der Waals surface area contributed by atoms with E-state index in [1.807, 2.05) is 18.4 Å². The molecule has 0 saturated heterocycles. The smallest absolute Gasteiger partial charge is 0.262 e. The molecule has 0 aromatic carbocycles. The molecule has 0 aliphatic rings. The SMILES string of the molecule is CCc1ccsc1C(=O)NC(C)C(C)=O. The van der Waals surface area contributed by atoms with Gasteiger partial charge in [-0.25, -0.2) is 0 Å². The minimum atomic E-state index is -0.413. The Bertz CT molecular complexity index is 370. The molecule has 0 radical (unpaired) electrons. The number of hydrogen-bond donors (Lipinski definition) is 1. The topological polar surface area (TPSA) is 46.2 Å². The van der Waals surface area contributed by atoms with Crippen molar-refractivity contribution >= 4 is 23.0 Å². The lowest BCUT2D eigenvalue weighted by Gasteiger charge is -2.10. The third-order valence-electron chi connectivity index (χ3n) is 2.29. The molecule has 0 spiro atoms. The zero-order chi connectivity index (χ0) is 11.4. The molecular weight excluding hydrogens is 210 g/mol. The Labute approximate surface area is 93.5 Å². The van der Waals surface area contributed by atoms with Crippen molar-refractivity contribution < 1.29 is 9.59 Å². The summed E-state index contributed by atoms with van der Waals surface area (Å²) in [6.07, 6.45) is 0.834. The number of Topliss-reactive ketones (excluding diaryl/α,β-unsaturated/α-hetero) is 1. The summed E-state index contributed by atoms with van der Waals surface area (Å²) in [6, 6.07) is 1.53. The fourth-order valence-electron chi connectivity index (χ4n) is 1.18. The number of ketones is 1. The van der Waals surface area contributed by atoms with Crippen LogP contribution in [0.15, 0.2) is 11.4 Å². The summed E-state index contributed by atoms with van der Waals surface area (Å²) in [7, 11) is 0. The van der Waals surface area contributed by atoms with Gasteiger partial charge in [-0.3, -0.25) is 9.59 Å². The van der Waals surface area contributed by atoms with Gasteiger partial charge >= 0.3 is 0 Å². The van der Waals surface area contributed by atoms with Gasteiger partial charge in [0, 0.05) is 0 Å². The molecular formula is C11H15NO2S. The predicted molar refractivity (Wildman–Crippen MR) is 61.3 cm³/mol. The summed E-state index contributed by atoms with van der Waals surface area (Å²) in [5, 5.41) is 4.57. The van der Waals surface area contributed by atoms with Crippen molar-refractivity contribution in [3.63, 3.8) is 0 Å². The van der Waals surface area contributed by atoms with Crippen molar-refractivity contribution in [1.82, 2.24) is 5.32 Å². The molecule has 1 unspecified atom stereocenters. The number of carbonyl (C=O) groups excluding carboxylic acids is 2. The summed E-state index contributed by atoms with van der Waals surface area (Å²) in [5.41, 5.74) is 1.04. The van der Waals surface area contributed by atoms with Gasteiger partial charge in [-0.05, 0) is 37.3 Å². The van der Waals surface area contributed by atoms with E-state index in [4.69, 9.17) is 0 Å². The van der Waals surface area contributed by atoms with E-state index in [0.717, 1.165) is 12.0 Å². The van der Waals surface area contributed by atoms with Gasteiger partial charge in [0.25, 0.3) is 5.91 Å². The van der Waals surface area contributed by atoms with Gasteiger partial charge in [0.05, 0.1) is 10.9 Å². The van der Waals surface area contributed by atoms with E-state index in [9.17, 15) is 9.59 Å². The molecule has 1 amide bonds. The van der Waals surface area contributed by atoms with Crippen molar-refractivity contribution in [3.05, 3.63) is 21.9 Å². The first-order chi connectivity index (χ1) is 7.06. The maximum Gasteiger partial charge on any atom is 0.262 e. The third-order valence-corrected chi connectivity index (χ3v) is 3.25. The van der Waals surface area contributed by atoms with E-state index in [0.29, 0.717) is 4.88 Å². The predicted octanol–water partition coefficient (Wildman–Crippen LogP) is 2.02. The standard InChI is InChI=1S/C11H15NO2S/c1-4-9-5-6-15-10(9)11(14)12-7(2)8(3)13/h5-7H,4H2,1-3H3,(H,12,14). The molecule has 0 aliphatic carbocycles. The van der Waals surface area contributed by atoms with Crippen LogP contribution in [-0.2, 0) is 11.2 Å². The average Bonchev–Trinajstić information content (AvgIpc) is 2.64. The van der Waals surface area contributed by atoms with E-state index in [1.165, 1.54) is 18.3 Å². The number of amides is 1. The van der Waals surface area contributed by atoms with Gasteiger partial charge < -0.3 is 5.32 Å². The molecule has 3 nitrogen and oxygen atoms in total. The Balaban J connectivity index is 2.73. The lowest BCUT2D eigenvalue weighted by atomic mass is 10.2. The van der Waals surface area contributed by atoms with Crippen LogP contribution in [0.4, 0.5) is 0 Å². The molecule has 1 aromatic rings. The molecule has 1 aromatic heterocycles. The Kier molecular flexibility index (Phi) is 4.03. The van der Waals surface area contributed by atoms with Crippen LogP contribution in [0.5, 0.6) is 0 Å². The Morgan fingerprint density at radius 1 is 1.53 bits per heavy atom. The van der Waals surface area contributed by atoms with Crippen LogP contribution in [0.3, 0.4) is 0 Å². The minimum Gasteiger partial charge on any atom is -0.342 e. The minimum absolute atomic E-state index is 0.0297. The monoisotopic (exact) mass is 225 g/mol. The molecule has 0 saturated carbocycles. The zero-order valence-electron chi connectivity index (χ0n) is 9.16. The number of nitrogens with one attached hydrogen (secondary N) is 1. The van der Waals surface area contributed by atoms with E-state index in [1.54, 1.807) is 6.92 Å². The number of hydrogen-bond acceptors (Lipinski definition) is 3. The molecule has 1 atom stereocenters. The second kappa shape index (κ2) is 5.07. The number of aryl methyl sites for hydroxylation is 1. The highest BCUT2D eigenvalue weighted by Gasteiger charge is 2.16. The van der Waals surface area contributed by atoms with Crippen LogP contribution in [0.25, 0.3) is 0 Å². The summed E-state index contributed by atoms with van der Waals surface area (Å²) < 4.78 is 0. The van der Waals surface area contributed by atoms with Crippen molar-refractivity contribution in [2.45, 2.75) is 33.2 Å². The number of rotatable bonds is 4. The Morgan fingerprint density at radius 3 is 2.73 bits per heavy atom. The molecule has 1 heterocycles. The quantitative estimate of drug-likeness (QED) is 0.852. The Hall–Kier alpha value is -1.16. The van der Waals surface area contributed by atoms with Crippen LogP contribution >= 0.6 is 11.3 Å². The van der Waals surface area contributed by atoms with Gasteiger partial charge in [0.1, 0.15) is 0 Å². The lowest BCUT2D eigenvalue weighted by Crippen LogP contribution is -2.37. The van der Waals surface area contributed by atoms with Crippen LogP contribution in [-0.4, -0.2) is 17.7 Å². The fourth-order valence-corrected chi connectivity index (χ4v) is 2.08. The van der Waals surface area contributed by atoms with Gasteiger partial charge in [-0.15, -0.1) is 11.3 Å².